The van der Waals surface area contributed by atoms with Gasteiger partial charge in [0, 0.05) is 15.5 Å². The highest BCUT2D eigenvalue weighted by molar-refractivity contribution is 9.11. The maximum atomic E-state index is 12.1. The third-order valence-corrected chi connectivity index (χ3v) is 6.33. The molecule has 0 aliphatic rings. The summed E-state index contributed by atoms with van der Waals surface area (Å²) in [7, 11) is 0. The Labute approximate surface area is 199 Å². The van der Waals surface area contributed by atoms with Crippen molar-refractivity contribution in [3.63, 3.8) is 0 Å². The van der Waals surface area contributed by atoms with E-state index < -0.39 is 0 Å². The smallest absolute Gasteiger partial charge is 0.258 e. The van der Waals surface area contributed by atoms with Gasteiger partial charge in [0.15, 0.2) is 6.61 Å². The molecule has 0 radical (unpaired) electrons. The van der Waals surface area contributed by atoms with E-state index in [0.717, 1.165) is 31.2 Å². The number of halogens is 2. The van der Waals surface area contributed by atoms with E-state index in [0.29, 0.717) is 24.5 Å². The van der Waals surface area contributed by atoms with Crippen LogP contribution in [-0.2, 0) is 17.8 Å². The molecule has 1 amide bonds. The molecule has 0 saturated heterocycles. The van der Waals surface area contributed by atoms with Gasteiger partial charge in [-0.2, -0.15) is 0 Å². The largest absolute Gasteiger partial charge is 0.508 e. The molecular weight excluding hydrogens is 522 g/mol. The van der Waals surface area contributed by atoms with Crippen LogP contribution in [0.4, 0.5) is 0 Å². The summed E-state index contributed by atoms with van der Waals surface area (Å²) in [5.74, 6) is 0.998. The minimum Gasteiger partial charge on any atom is -0.508 e. The highest BCUT2D eigenvalue weighted by atomic mass is 79.9. The quantitative estimate of drug-likeness (QED) is 0.347. The van der Waals surface area contributed by atoms with E-state index in [2.05, 4.69) is 51.0 Å². The second-order valence-electron chi connectivity index (χ2n) is 7.64. The number of amides is 1. The van der Waals surface area contributed by atoms with Crippen molar-refractivity contribution < 1.29 is 14.6 Å². The standard InChI is InChI=1S/C25H25Br2NO3/c1-16(2)20-10-18(8-9-24(20)29)11-21-22(26)12-19(13-23(21)27)31-15-25(30)28-14-17-6-4-3-5-7-17/h3-10,12-13,16,29H,11,14-15H2,1-2H3,(H,28,30). The number of benzene rings is 3. The normalized spacial score (nSPS) is 10.9. The lowest BCUT2D eigenvalue weighted by atomic mass is 9.96. The fourth-order valence-electron chi connectivity index (χ4n) is 3.21. The highest BCUT2D eigenvalue weighted by Gasteiger charge is 2.13. The molecule has 0 fully saturated rings. The van der Waals surface area contributed by atoms with Crippen molar-refractivity contribution in [2.75, 3.05) is 6.61 Å². The Morgan fingerprint density at radius 1 is 1.00 bits per heavy atom. The van der Waals surface area contributed by atoms with E-state index in [9.17, 15) is 9.90 Å². The summed E-state index contributed by atoms with van der Waals surface area (Å²) >= 11 is 7.25. The van der Waals surface area contributed by atoms with Crippen LogP contribution in [0.3, 0.4) is 0 Å². The van der Waals surface area contributed by atoms with E-state index in [-0.39, 0.29) is 18.4 Å². The number of hydrogen-bond acceptors (Lipinski definition) is 3. The summed E-state index contributed by atoms with van der Waals surface area (Å²) in [5, 5.41) is 12.9. The number of phenolic OH excluding ortho intramolecular Hbond substituents is 1. The Bertz CT molecular complexity index is 1030. The van der Waals surface area contributed by atoms with Crippen molar-refractivity contribution in [1.29, 1.82) is 0 Å². The molecule has 0 atom stereocenters. The first-order valence-corrected chi connectivity index (χ1v) is 11.6. The van der Waals surface area contributed by atoms with Crippen LogP contribution in [0.15, 0.2) is 69.6 Å². The van der Waals surface area contributed by atoms with Gasteiger partial charge in [0.1, 0.15) is 11.5 Å². The number of nitrogens with one attached hydrogen (secondary N) is 1. The van der Waals surface area contributed by atoms with Crippen molar-refractivity contribution in [2.24, 2.45) is 0 Å². The molecule has 0 heterocycles. The van der Waals surface area contributed by atoms with Crippen LogP contribution in [0, 0.1) is 0 Å². The van der Waals surface area contributed by atoms with Crippen molar-refractivity contribution in [1.82, 2.24) is 5.32 Å². The number of ether oxygens (including phenoxy) is 1. The Morgan fingerprint density at radius 2 is 1.68 bits per heavy atom. The minimum atomic E-state index is -0.175. The number of aromatic hydroxyl groups is 1. The van der Waals surface area contributed by atoms with Gasteiger partial charge in [-0.3, -0.25) is 4.79 Å². The number of phenols is 1. The molecule has 0 aliphatic heterocycles. The molecular formula is C25H25Br2NO3. The maximum Gasteiger partial charge on any atom is 0.258 e. The molecule has 0 saturated carbocycles. The first-order valence-electron chi connectivity index (χ1n) is 10.1. The second kappa shape index (κ2) is 10.8. The second-order valence-corrected chi connectivity index (χ2v) is 9.35. The molecule has 2 N–H and O–H groups in total. The van der Waals surface area contributed by atoms with Crippen LogP contribution in [-0.4, -0.2) is 17.6 Å². The first-order chi connectivity index (χ1) is 14.8. The van der Waals surface area contributed by atoms with Gasteiger partial charge in [-0.05, 0) is 52.8 Å². The highest BCUT2D eigenvalue weighted by Crippen LogP contribution is 2.34. The molecule has 6 heteroatoms. The number of carbonyl (C=O) groups excluding carboxylic acids is 1. The molecule has 3 aromatic carbocycles. The maximum absolute atomic E-state index is 12.1. The summed E-state index contributed by atoms with van der Waals surface area (Å²) in [5.41, 5.74) is 4.16. The zero-order chi connectivity index (χ0) is 22.4. The van der Waals surface area contributed by atoms with Gasteiger partial charge >= 0.3 is 0 Å². The molecule has 0 bridgehead atoms. The van der Waals surface area contributed by atoms with Crippen molar-refractivity contribution >= 4 is 37.8 Å². The Morgan fingerprint density at radius 3 is 2.32 bits per heavy atom. The summed E-state index contributed by atoms with van der Waals surface area (Å²) in [6.45, 7) is 4.54. The lowest BCUT2D eigenvalue weighted by molar-refractivity contribution is -0.123. The average molecular weight is 547 g/mol. The van der Waals surface area contributed by atoms with Gasteiger partial charge in [-0.25, -0.2) is 0 Å². The fourth-order valence-corrected chi connectivity index (χ4v) is 4.63. The van der Waals surface area contributed by atoms with E-state index >= 15 is 0 Å². The predicted molar refractivity (Wildman–Crippen MR) is 131 cm³/mol. The van der Waals surface area contributed by atoms with Gasteiger partial charge in [0.25, 0.3) is 5.91 Å². The summed E-state index contributed by atoms with van der Waals surface area (Å²) < 4.78 is 7.46. The van der Waals surface area contributed by atoms with E-state index in [4.69, 9.17) is 4.74 Å². The average Bonchev–Trinajstić information content (AvgIpc) is 2.75. The molecule has 162 valence electrons. The third kappa shape index (κ3) is 6.58. The zero-order valence-corrected chi connectivity index (χ0v) is 20.7. The number of rotatable bonds is 8. The molecule has 31 heavy (non-hydrogen) atoms. The molecule has 0 aliphatic carbocycles. The third-order valence-electron chi connectivity index (χ3n) is 4.91. The SMILES string of the molecule is CC(C)c1cc(Cc2c(Br)cc(OCC(=O)NCc3ccccc3)cc2Br)ccc1O. The van der Waals surface area contributed by atoms with Gasteiger partial charge in [-0.1, -0.05) is 88.2 Å². The molecule has 0 spiro atoms. The fraction of sp³-hybridized carbons (Fsp3) is 0.240. The van der Waals surface area contributed by atoms with Crippen LogP contribution in [0.5, 0.6) is 11.5 Å². The monoisotopic (exact) mass is 545 g/mol. The van der Waals surface area contributed by atoms with Gasteiger partial charge in [0.2, 0.25) is 0 Å². The lowest BCUT2D eigenvalue weighted by Gasteiger charge is -2.14. The topological polar surface area (TPSA) is 58.6 Å². The van der Waals surface area contributed by atoms with Crippen LogP contribution in [0.2, 0.25) is 0 Å². The van der Waals surface area contributed by atoms with Crippen molar-refractivity contribution in [2.45, 2.75) is 32.7 Å². The minimum absolute atomic E-state index is 0.0548. The Kier molecular flexibility index (Phi) is 8.15. The molecule has 3 rings (SSSR count). The van der Waals surface area contributed by atoms with E-state index in [1.807, 2.05) is 54.6 Å². The van der Waals surface area contributed by atoms with Crippen LogP contribution >= 0.6 is 31.9 Å². The van der Waals surface area contributed by atoms with Gasteiger partial charge in [0.05, 0.1) is 0 Å². The molecule has 0 unspecified atom stereocenters. The molecule has 3 aromatic rings. The van der Waals surface area contributed by atoms with Crippen molar-refractivity contribution in [3.05, 3.63) is 91.9 Å². The van der Waals surface area contributed by atoms with Crippen LogP contribution < -0.4 is 10.1 Å². The number of hydrogen-bond donors (Lipinski definition) is 2. The van der Waals surface area contributed by atoms with Crippen molar-refractivity contribution in [3.8, 4) is 11.5 Å². The summed E-state index contributed by atoms with van der Waals surface area (Å²) in [6.07, 6.45) is 0.693. The lowest BCUT2D eigenvalue weighted by Crippen LogP contribution is -2.28. The van der Waals surface area contributed by atoms with E-state index in [1.165, 1.54) is 0 Å². The Balaban J connectivity index is 1.62. The van der Waals surface area contributed by atoms with Gasteiger partial charge < -0.3 is 15.2 Å². The zero-order valence-electron chi connectivity index (χ0n) is 17.5. The summed E-state index contributed by atoms with van der Waals surface area (Å²) in [4.78, 5) is 12.1. The van der Waals surface area contributed by atoms with E-state index in [1.54, 1.807) is 6.07 Å². The van der Waals surface area contributed by atoms with Gasteiger partial charge in [-0.15, -0.1) is 0 Å². The Hall–Kier alpha value is -2.31. The molecule has 0 aromatic heterocycles. The summed E-state index contributed by atoms with van der Waals surface area (Å²) in [6, 6.07) is 19.2. The van der Waals surface area contributed by atoms with Crippen LogP contribution in [0.1, 0.15) is 42.0 Å². The first kappa shape index (κ1) is 23.4. The predicted octanol–water partition coefficient (Wildman–Crippen LogP) is 6.33. The van der Waals surface area contributed by atoms with Crippen LogP contribution in [0.25, 0.3) is 0 Å². The number of carbonyl (C=O) groups is 1. The molecule has 4 nitrogen and oxygen atoms in total.